The fourth-order valence-corrected chi connectivity index (χ4v) is 4.15. The Kier molecular flexibility index (Phi) is 5.77. The quantitative estimate of drug-likeness (QED) is 0.663. The van der Waals surface area contributed by atoms with Crippen LogP contribution in [0.3, 0.4) is 0 Å². The molecule has 6 nitrogen and oxygen atoms in total. The fraction of sp³-hybridized carbons (Fsp3) is 0.714. The lowest BCUT2D eigenvalue weighted by atomic mass is 9.73. The lowest BCUT2D eigenvalue weighted by molar-refractivity contribution is -0.117. The number of carbonyl (C=O) groups excluding carboxylic acids is 1. The fourth-order valence-electron chi connectivity index (χ4n) is 4.15. The minimum absolute atomic E-state index is 0.0647. The summed E-state index contributed by atoms with van der Waals surface area (Å²) in [6.45, 7) is 12.2. The molecule has 6 heteroatoms. The van der Waals surface area contributed by atoms with E-state index in [-0.39, 0.29) is 11.3 Å². The number of piperidine rings is 1. The molecule has 0 aromatic carbocycles. The molecule has 1 saturated heterocycles. The van der Waals surface area contributed by atoms with E-state index in [0.717, 1.165) is 43.0 Å². The summed E-state index contributed by atoms with van der Waals surface area (Å²) in [5.41, 5.74) is 1.89. The van der Waals surface area contributed by atoms with Gasteiger partial charge in [-0.2, -0.15) is 5.10 Å². The summed E-state index contributed by atoms with van der Waals surface area (Å²) in [5.74, 6) is 0.627. The average Bonchev–Trinajstić information content (AvgIpc) is 2.92. The Morgan fingerprint density at radius 3 is 2.78 bits per heavy atom. The molecule has 150 valence electrons. The van der Waals surface area contributed by atoms with E-state index in [9.17, 15) is 9.90 Å². The highest BCUT2D eigenvalue weighted by molar-refractivity contribution is 6.09. The van der Waals surface area contributed by atoms with Crippen molar-refractivity contribution in [2.24, 2.45) is 16.4 Å². The van der Waals surface area contributed by atoms with E-state index >= 15 is 0 Å². The van der Waals surface area contributed by atoms with Crippen LogP contribution in [0.25, 0.3) is 0 Å². The predicted molar refractivity (Wildman–Crippen MR) is 108 cm³/mol. The summed E-state index contributed by atoms with van der Waals surface area (Å²) in [6.07, 6.45) is 6.83. The molecular formula is C21H34N4O2. The Bertz CT molecular complexity index is 668. The topological polar surface area (TPSA) is 77.0 Å². The molecule has 2 aliphatic heterocycles. The minimum Gasteiger partial charge on any atom is -0.390 e. The van der Waals surface area contributed by atoms with Crippen LogP contribution in [-0.4, -0.2) is 60.1 Å². The van der Waals surface area contributed by atoms with E-state index in [0.29, 0.717) is 18.9 Å². The summed E-state index contributed by atoms with van der Waals surface area (Å²) < 4.78 is 0. The summed E-state index contributed by atoms with van der Waals surface area (Å²) in [6, 6.07) is 0. The van der Waals surface area contributed by atoms with Crippen LogP contribution in [0.15, 0.2) is 28.4 Å². The maximum Gasteiger partial charge on any atom is 0.251 e. The van der Waals surface area contributed by atoms with E-state index in [1.54, 1.807) is 13.8 Å². The van der Waals surface area contributed by atoms with Crippen molar-refractivity contribution in [2.45, 2.75) is 52.6 Å². The van der Waals surface area contributed by atoms with Crippen molar-refractivity contribution in [1.29, 1.82) is 0 Å². The largest absolute Gasteiger partial charge is 0.390 e. The number of fused-ring (bicyclic) bond motifs is 1. The summed E-state index contributed by atoms with van der Waals surface area (Å²) in [5, 5.41) is 23.2. The number of allylic oxidation sites excluding steroid dienone is 1. The Morgan fingerprint density at radius 1 is 1.41 bits per heavy atom. The molecule has 1 fully saturated rings. The van der Waals surface area contributed by atoms with Crippen molar-refractivity contribution < 1.29 is 9.90 Å². The van der Waals surface area contributed by atoms with Gasteiger partial charge in [0.1, 0.15) is 0 Å². The third kappa shape index (κ3) is 4.61. The number of hydrogen-bond donors (Lipinski definition) is 3. The first-order chi connectivity index (χ1) is 12.7. The minimum atomic E-state index is -0.772. The van der Waals surface area contributed by atoms with Gasteiger partial charge in [0.25, 0.3) is 5.91 Å². The van der Waals surface area contributed by atoms with Crippen LogP contribution in [0.1, 0.15) is 47.0 Å². The molecule has 0 aromatic rings. The molecule has 3 aliphatic rings. The second-order valence-corrected chi connectivity index (χ2v) is 9.05. The second-order valence-electron chi connectivity index (χ2n) is 9.05. The number of aliphatic hydroxyl groups is 1. The van der Waals surface area contributed by atoms with Crippen LogP contribution in [0.2, 0.25) is 0 Å². The highest BCUT2D eigenvalue weighted by Gasteiger charge is 2.42. The molecule has 0 aromatic heterocycles. The molecule has 3 rings (SSSR count). The van der Waals surface area contributed by atoms with Gasteiger partial charge in [-0.05, 0) is 83.7 Å². The maximum atomic E-state index is 12.7. The van der Waals surface area contributed by atoms with Crippen LogP contribution in [-0.2, 0) is 4.79 Å². The third-order valence-electron chi connectivity index (χ3n) is 6.15. The molecule has 1 amide bonds. The number of hydrogen-bond acceptors (Lipinski definition) is 5. The van der Waals surface area contributed by atoms with Gasteiger partial charge in [-0.1, -0.05) is 0 Å². The highest BCUT2D eigenvalue weighted by atomic mass is 16.3. The Morgan fingerprint density at radius 2 is 2.11 bits per heavy atom. The Labute approximate surface area is 162 Å². The van der Waals surface area contributed by atoms with Gasteiger partial charge in [0, 0.05) is 18.7 Å². The van der Waals surface area contributed by atoms with Crippen molar-refractivity contribution in [3.05, 3.63) is 23.3 Å². The molecule has 3 N–H and O–H groups in total. The number of nitrogens with zero attached hydrogens (tertiary/aromatic N) is 2. The van der Waals surface area contributed by atoms with Gasteiger partial charge < -0.3 is 15.7 Å². The van der Waals surface area contributed by atoms with Gasteiger partial charge in [0.05, 0.1) is 23.3 Å². The van der Waals surface area contributed by atoms with Crippen molar-refractivity contribution >= 4 is 11.6 Å². The third-order valence-corrected chi connectivity index (χ3v) is 6.15. The Balaban J connectivity index is 1.65. The molecule has 0 bridgehead atoms. The molecule has 2 heterocycles. The zero-order valence-corrected chi connectivity index (χ0v) is 17.1. The highest BCUT2D eigenvalue weighted by Crippen LogP contribution is 2.40. The molecule has 0 saturated carbocycles. The van der Waals surface area contributed by atoms with Crippen LogP contribution in [0.5, 0.6) is 0 Å². The number of hydrazone groups is 1. The molecule has 1 atom stereocenters. The van der Waals surface area contributed by atoms with Crippen molar-refractivity contribution in [3.8, 4) is 0 Å². The molecule has 0 radical (unpaired) electrons. The van der Waals surface area contributed by atoms with Gasteiger partial charge in [-0.3, -0.25) is 9.80 Å². The van der Waals surface area contributed by atoms with E-state index in [2.05, 4.69) is 29.5 Å². The average molecular weight is 375 g/mol. The van der Waals surface area contributed by atoms with Crippen LogP contribution < -0.4 is 10.6 Å². The molecule has 27 heavy (non-hydrogen) atoms. The zero-order chi connectivity index (χ0) is 19.7. The van der Waals surface area contributed by atoms with E-state index in [1.165, 1.54) is 12.8 Å². The number of rotatable bonds is 6. The predicted octanol–water partition coefficient (Wildman–Crippen LogP) is 1.83. The van der Waals surface area contributed by atoms with Crippen LogP contribution in [0.4, 0.5) is 0 Å². The van der Waals surface area contributed by atoms with E-state index in [4.69, 9.17) is 5.10 Å². The van der Waals surface area contributed by atoms with Gasteiger partial charge in [0.2, 0.25) is 0 Å². The molecule has 1 aliphatic carbocycles. The maximum absolute atomic E-state index is 12.7. The van der Waals surface area contributed by atoms with Crippen LogP contribution >= 0.6 is 0 Å². The molecule has 0 spiro atoms. The summed E-state index contributed by atoms with van der Waals surface area (Å²) in [4.78, 5) is 12.7. The van der Waals surface area contributed by atoms with Gasteiger partial charge in [0.15, 0.2) is 0 Å². The second kappa shape index (κ2) is 7.76. The summed E-state index contributed by atoms with van der Waals surface area (Å²) >= 11 is 0. The molecular weight excluding hydrogens is 340 g/mol. The molecule has 1 unspecified atom stereocenters. The first kappa shape index (κ1) is 20.1. The number of nitrogens with one attached hydrogen (secondary N) is 2. The zero-order valence-electron chi connectivity index (χ0n) is 17.1. The van der Waals surface area contributed by atoms with E-state index < -0.39 is 5.60 Å². The van der Waals surface area contributed by atoms with Crippen molar-refractivity contribution in [1.82, 2.24) is 15.6 Å². The lowest BCUT2D eigenvalue weighted by Gasteiger charge is -2.32. The standard InChI is InChI=1S/C21H34N4O2/c1-15-17(19(26)23-12-9-20(2,3)27)5-6-18-21(15,4)14-25(24-18)13-16-7-10-22-11-8-16/h5-6,16,22,27H,7-14H2,1-4H3,(H,23,26). The van der Waals surface area contributed by atoms with Gasteiger partial charge in [-0.15, -0.1) is 0 Å². The van der Waals surface area contributed by atoms with E-state index in [1.807, 2.05) is 12.2 Å². The van der Waals surface area contributed by atoms with Crippen molar-refractivity contribution in [3.63, 3.8) is 0 Å². The Hall–Kier alpha value is -1.66. The lowest BCUT2D eigenvalue weighted by Crippen LogP contribution is -2.39. The number of carbonyl (C=O) groups is 1. The first-order valence-corrected chi connectivity index (χ1v) is 10.1. The summed E-state index contributed by atoms with van der Waals surface area (Å²) in [7, 11) is 0. The monoisotopic (exact) mass is 374 g/mol. The van der Waals surface area contributed by atoms with Gasteiger partial charge >= 0.3 is 0 Å². The first-order valence-electron chi connectivity index (χ1n) is 10.1. The number of amides is 1. The van der Waals surface area contributed by atoms with Crippen molar-refractivity contribution in [2.75, 3.05) is 32.7 Å². The smallest absolute Gasteiger partial charge is 0.251 e. The van der Waals surface area contributed by atoms with Gasteiger partial charge in [-0.25, -0.2) is 0 Å². The van der Waals surface area contributed by atoms with Crippen LogP contribution in [0, 0.1) is 11.3 Å². The SMILES string of the molecule is CC1=C(C(=O)NCCC(C)(C)O)C=CC2=NN(CC3CCNCC3)CC21C. The normalized spacial score (nSPS) is 26.3.